The zero-order chi connectivity index (χ0) is 11.4. The lowest BCUT2D eigenvalue weighted by Gasteiger charge is -2.17. The Morgan fingerprint density at radius 2 is 2.31 bits per heavy atom. The van der Waals surface area contributed by atoms with Crippen LogP contribution in [0.2, 0.25) is 0 Å². The molecule has 0 radical (unpaired) electrons. The van der Waals surface area contributed by atoms with Gasteiger partial charge in [-0.3, -0.25) is 0 Å². The molecule has 0 atom stereocenters. The van der Waals surface area contributed by atoms with Gasteiger partial charge in [0.05, 0.1) is 6.54 Å². The van der Waals surface area contributed by atoms with Crippen LogP contribution in [0.5, 0.6) is 0 Å². The summed E-state index contributed by atoms with van der Waals surface area (Å²) in [6, 6.07) is 6.13. The molecule has 0 bridgehead atoms. The standard InChI is InChI=1S/C11H14N4S/c1-12-10-6-11(14-8-13-10)15(2)7-9-4-3-5-16-9/h3-6,8H,7H2,1-2H3,(H,12,13,14). The number of nitrogens with one attached hydrogen (secondary N) is 1. The van der Waals surface area contributed by atoms with Gasteiger partial charge in [-0.25, -0.2) is 9.97 Å². The second-order valence-corrected chi connectivity index (χ2v) is 4.48. The molecule has 0 saturated carbocycles. The van der Waals surface area contributed by atoms with Crippen LogP contribution >= 0.6 is 11.3 Å². The zero-order valence-corrected chi connectivity index (χ0v) is 10.2. The maximum Gasteiger partial charge on any atom is 0.134 e. The Bertz CT molecular complexity index is 441. The molecule has 0 aliphatic carbocycles. The fraction of sp³-hybridized carbons (Fsp3) is 0.273. The Hall–Kier alpha value is -1.62. The van der Waals surface area contributed by atoms with Crippen LogP contribution in [0.15, 0.2) is 29.9 Å². The SMILES string of the molecule is CNc1cc(N(C)Cc2cccs2)ncn1. The molecule has 0 aromatic carbocycles. The Balaban J connectivity index is 2.11. The summed E-state index contributed by atoms with van der Waals surface area (Å²) < 4.78 is 0. The van der Waals surface area contributed by atoms with Crippen molar-refractivity contribution >= 4 is 23.0 Å². The quantitative estimate of drug-likeness (QED) is 0.880. The maximum absolute atomic E-state index is 4.25. The molecule has 4 nitrogen and oxygen atoms in total. The second-order valence-electron chi connectivity index (χ2n) is 3.45. The summed E-state index contributed by atoms with van der Waals surface area (Å²) >= 11 is 1.76. The molecule has 0 aliphatic rings. The lowest BCUT2D eigenvalue weighted by Crippen LogP contribution is -2.17. The highest BCUT2D eigenvalue weighted by atomic mass is 32.1. The van der Waals surface area contributed by atoms with E-state index in [4.69, 9.17) is 0 Å². The lowest BCUT2D eigenvalue weighted by atomic mass is 10.4. The summed E-state index contributed by atoms with van der Waals surface area (Å²) in [5.41, 5.74) is 0. The molecular weight excluding hydrogens is 220 g/mol. The van der Waals surface area contributed by atoms with Gasteiger partial charge in [-0.2, -0.15) is 0 Å². The minimum absolute atomic E-state index is 0.836. The zero-order valence-electron chi connectivity index (χ0n) is 9.34. The predicted molar refractivity (Wildman–Crippen MR) is 68.0 cm³/mol. The van der Waals surface area contributed by atoms with Crippen molar-refractivity contribution in [1.82, 2.24) is 9.97 Å². The van der Waals surface area contributed by atoms with Crippen molar-refractivity contribution in [3.63, 3.8) is 0 Å². The van der Waals surface area contributed by atoms with Crippen LogP contribution in [-0.4, -0.2) is 24.1 Å². The van der Waals surface area contributed by atoms with Crippen molar-refractivity contribution in [2.45, 2.75) is 6.54 Å². The molecule has 2 heterocycles. The minimum Gasteiger partial charge on any atom is -0.373 e. The number of anilines is 2. The first-order valence-electron chi connectivity index (χ1n) is 5.03. The molecule has 84 valence electrons. The molecular formula is C11H14N4S. The molecule has 0 saturated heterocycles. The van der Waals surface area contributed by atoms with E-state index in [0.717, 1.165) is 18.2 Å². The predicted octanol–water partition coefficient (Wildman–Crippen LogP) is 2.22. The summed E-state index contributed by atoms with van der Waals surface area (Å²) in [5, 5.41) is 5.09. The molecule has 0 amide bonds. The third-order valence-corrected chi connectivity index (χ3v) is 3.13. The van der Waals surface area contributed by atoms with Gasteiger partial charge in [0, 0.05) is 25.0 Å². The van der Waals surface area contributed by atoms with Crippen LogP contribution in [0.25, 0.3) is 0 Å². The number of rotatable bonds is 4. The average Bonchev–Trinajstić information content (AvgIpc) is 2.82. The van der Waals surface area contributed by atoms with E-state index < -0.39 is 0 Å². The Morgan fingerprint density at radius 1 is 1.44 bits per heavy atom. The first-order valence-corrected chi connectivity index (χ1v) is 5.91. The number of thiophene rings is 1. The fourth-order valence-corrected chi connectivity index (χ4v) is 2.17. The summed E-state index contributed by atoms with van der Waals surface area (Å²) in [6.07, 6.45) is 1.58. The molecule has 0 spiro atoms. The Kier molecular flexibility index (Phi) is 3.36. The van der Waals surface area contributed by atoms with E-state index in [0.29, 0.717) is 0 Å². The van der Waals surface area contributed by atoms with Crippen LogP contribution in [0.1, 0.15) is 4.88 Å². The van der Waals surface area contributed by atoms with Gasteiger partial charge >= 0.3 is 0 Å². The van der Waals surface area contributed by atoms with E-state index in [1.165, 1.54) is 4.88 Å². The van der Waals surface area contributed by atoms with Crippen molar-refractivity contribution in [2.24, 2.45) is 0 Å². The van der Waals surface area contributed by atoms with Crippen LogP contribution in [0, 0.1) is 0 Å². The maximum atomic E-state index is 4.25. The molecule has 2 aromatic heterocycles. The van der Waals surface area contributed by atoms with Crippen molar-refractivity contribution in [1.29, 1.82) is 0 Å². The number of hydrogen-bond donors (Lipinski definition) is 1. The molecule has 0 unspecified atom stereocenters. The van der Waals surface area contributed by atoms with Crippen molar-refractivity contribution in [3.8, 4) is 0 Å². The van der Waals surface area contributed by atoms with Crippen LogP contribution in [-0.2, 0) is 6.54 Å². The molecule has 2 aromatic rings. The molecule has 2 rings (SSSR count). The summed E-state index contributed by atoms with van der Waals surface area (Å²) in [4.78, 5) is 11.8. The first-order chi connectivity index (χ1) is 7.79. The molecule has 1 N–H and O–H groups in total. The van der Waals surface area contributed by atoms with Gasteiger partial charge in [0.25, 0.3) is 0 Å². The summed E-state index contributed by atoms with van der Waals surface area (Å²) in [7, 11) is 3.88. The molecule has 0 fully saturated rings. The van der Waals surface area contributed by atoms with E-state index in [-0.39, 0.29) is 0 Å². The first kappa shape index (κ1) is 10.9. The van der Waals surface area contributed by atoms with Gasteiger partial charge in [0.2, 0.25) is 0 Å². The monoisotopic (exact) mass is 234 g/mol. The summed E-state index contributed by atoms with van der Waals surface area (Å²) in [5.74, 6) is 1.76. The van der Waals surface area contributed by atoms with E-state index in [9.17, 15) is 0 Å². The van der Waals surface area contributed by atoms with Gasteiger partial charge in [-0.15, -0.1) is 11.3 Å². The van der Waals surface area contributed by atoms with Gasteiger partial charge in [-0.05, 0) is 11.4 Å². The lowest BCUT2D eigenvalue weighted by molar-refractivity contribution is 0.905. The summed E-state index contributed by atoms with van der Waals surface area (Å²) in [6.45, 7) is 0.873. The highest BCUT2D eigenvalue weighted by Gasteiger charge is 2.05. The van der Waals surface area contributed by atoms with Gasteiger partial charge in [-0.1, -0.05) is 6.07 Å². The smallest absolute Gasteiger partial charge is 0.134 e. The highest BCUT2D eigenvalue weighted by Crippen LogP contribution is 2.17. The van der Waals surface area contributed by atoms with E-state index in [1.807, 2.05) is 20.2 Å². The van der Waals surface area contributed by atoms with Crippen LogP contribution in [0.3, 0.4) is 0 Å². The Morgan fingerprint density at radius 3 is 3.00 bits per heavy atom. The largest absolute Gasteiger partial charge is 0.373 e. The van der Waals surface area contributed by atoms with Gasteiger partial charge < -0.3 is 10.2 Å². The molecule has 5 heteroatoms. The van der Waals surface area contributed by atoms with Crippen LogP contribution < -0.4 is 10.2 Å². The third kappa shape index (κ3) is 2.49. The normalized spacial score (nSPS) is 10.1. The number of nitrogens with zero attached hydrogens (tertiary/aromatic N) is 3. The number of hydrogen-bond acceptors (Lipinski definition) is 5. The van der Waals surface area contributed by atoms with Crippen molar-refractivity contribution in [2.75, 3.05) is 24.3 Å². The third-order valence-electron chi connectivity index (χ3n) is 2.27. The average molecular weight is 234 g/mol. The molecule has 0 aliphatic heterocycles. The van der Waals surface area contributed by atoms with E-state index in [1.54, 1.807) is 17.7 Å². The Labute approximate surface area is 99.0 Å². The topological polar surface area (TPSA) is 41.0 Å². The van der Waals surface area contributed by atoms with E-state index in [2.05, 4.69) is 37.7 Å². The van der Waals surface area contributed by atoms with Crippen molar-refractivity contribution in [3.05, 3.63) is 34.8 Å². The number of aromatic nitrogens is 2. The minimum atomic E-state index is 0.836. The van der Waals surface area contributed by atoms with E-state index >= 15 is 0 Å². The van der Waals surface area contributed by atoms with Gasteiger partial charge in [0.1, 0.15) is 18.0 Å². The highest BCUT2D eigenvalue weighted by molar-refractivity contribution is 7.09. The van der Waals surface area contributed by atoms with Crippen molar-refractivity contribution < 1.29 is 0 Å². The second kappa shape index (κ2) is 4.94. The molecule has 16 heavy (non-hydrogen) atoms. The van der Waals surface area contributed by atoms with Gasteiger partial charge in [0.15, 0.2) is 0 Å². The van der Waals surface area contributed by atoms with Crippen LogP contribution in [0.4, 0.5) is 11.6 Å². The fourth-order valence-electron chi connectivity index (χ4n) is 1.41.